The molecule has 0 bridgehead atoms. The summed E-state index contributed by atoms with van der Waals surface area (Å²) in [5.41, 5.74) is 3.78. The van der Waals surface area contributed by atoms with Crippen LogP contribution in [0.5, 0.6) is 0 Å². The van der Waals surface area contributed by atoms with Crippen molar-refractivity contribution < 1.29 is 4.79 Å². The molecule has 3 nitrogen and oxygen atoms in total. The summed E-state index contributed by atoms with van der Waals surface area (Å²) in [7, 11) is 0. The highest BCUT2D eigenvalue weighted by Gasteiger charge is 2.26. The van der Waals surface area contributed by atoms with Gasteiger partial charge in [0.2, 0.25) is 5.91 Å². The van der Waals surface area contributed by atoms with Crippen molar-refractivity contribution in [2.75, 3.05) is 13.1 Å². The van der Waals surface area contributed by atoms with E-state index in [9.17, 15) is 4.79 Å². The zero-order valence-electron chi connectivity index (χ0n) is 15.2. The number of hydrogen-bond donors (Lipinski definition) is 1. The highest BCUT2D eigenvalue weighted by molar-refractivity contribution is 5.79. The summed E-state index contributed by atoms with van der Waals surface area (Å²) in [5.74, 6) is 0.341. The van der Waals surface area contributed by atoms with Crippen molar-refractivity contribution in [3.05, 3.63) is 71.3 Å². The molecular formula is C22H28N2O. The van der Waals surface area contributed by atoms with E-state index in [0.29, 0.717) is 0 Å². The summed E-state index contributed by atoms with van der Waals surface area (Å²) in [4.78, 5) is 15.1. The molecule has 1 fully saturated rings. The van der Waals surface area contributed by atoms with Crippen molar-refractivity contribution >= 4 is 5.91 Å². The summed E-state index contributed by atoms with van der Waals surface area (Å²) in [6, 6.07) is 18.9. The van der Waals surface area contributed by atoms with Crippen LogP contribution < -0.4 is 5.32 Å². The summed E-state index contributed by atoms with van der Waals surface area (Å²) < 4.78 is 0. The molecule has 1 atom stereocenters. The Labute approximate surface area is 151 Å². The van der Waals surface area contributed by atoms with E-state index in [0.717, 1.165) is 32.5 Å². The van der Waals surface area contributed by atoms with Crippen molar-refractivity contribution in [2.24, 2.45) is 5.92 Å². The fourth-order valence-corrected chi connectivity index (χ4v) is 3.68. The number of benzene rings is 2. The van der Waals surface area contributed by atoms with Gasteiger partial charge in [0, 0.05) is 12.5 Å². The van der Waals surface area contributed by atoms with Crippen molar-refractivity contribution in [2.45, 2.75) is 39.3 Å². The summed E-state index contributed by atoms with van der Waals surface area (Å²) >= 11 is 0. The Morgan fingerprint density at radius 3 is 2.40 bits per heavy atom. The molecule has 1 aliphatic rings. The lowest BCUT2D eigenvalue weighted by atomic mass is 9.94. The molecule has 132 valence electrons. The third-order valence-corrected chi connectivity index (χ3v) is 5.22. The number of amides is 1. The van der Waals surface area contributed by atoms with Crippen molar-refractivity contribution in [3.63, 3.8) is 0 Å². The van der Waals surface area contributed by atoms with Crippen LogP contribution in [0.1, 0.15) is 42.5 Å². The minimum absolute atomic E-state index is 0.0658. The lowest BCUT2D eigenvalue weighted by Gasteiger charge is -2.32. The molecule has 1 aliphatic heterocycles. The lowest BCUT2D eigenvalue weighted by Crippen LogP contribution is -2.41. The fraction of sp³-hybridized carbons (Fsp3) is 0.409. The summed E-state index contributed by atoms with van der Waals surface area (Å²) in [6.07, 6.45) is 1.89. The predicted molar refractivity (Wildman–Crippen MR) is 102 cm³/mol. The standard InChI is InChI=1S/C22H28N2O/c1-17-8-6-7-11-21(17)18(2)23-22(25)20-12-14-24(15-13-20)16-19-9-4-3-5-10-19/h3-11,18,20H,12-16H2,1-2H3,(H,23,25). The van der Waals surface area contributed by atoms with E-state index in [2.05, 4.69) is 66.5 Å². The van der Waals surface area contributed by atoms with Crippen LogP contribution in [0.15, 0.2) is 54.6 Å². The smallest absolute Gasteiger partial charge is 0.223 e. The van der Waals surface area contributed by atoms with E-state index < -0.39 is 0 Å². The topological polar surface area (TPSA) is 32.3 Å². The van der Waals surface area contributed by atoms with Crippen LogP contribution in [-0.2, 0) is 11.3 Å². The molecule has 3 rings (SSSR count). The average Bonchev–Trinajstić information content (AvgIpc) is 2.63. The molecule has 2 aromatic carbocycles. The highest BCUT2D eigenvalue weighted by Crippen LogP contribution is 2.22. The predicted octanol–water partition coefficient (Wildman–Crippen LogP) is 4.08. The third kappa shape index (κ3) is 4.70. The first kappa shape index (κ1) is 17.7. The Morgan fingerprint density at radius 1 is 1.08 bits per heavy atom. The molecule has 0 aromatic heterocycles. The van der Waals surface area contributed by atoms with Gasteiger partial charge >= 0.3 is 0 Å². The van der Waals surface area contributed by atoms with E-state index >= 15 is 0 Å². The number of nitrogens with zero attached hydrogens (tertiary/aromatic N) is 1. The minimum atomic E-state index is 0.0658. The lowest BCUT2D eigenvalue weighted by molar-refractivity contribution is -0.127. The molecule has 25 heavy (non-hydrogen) atoms. The monoisotopic (exact) mass is 336 g/mol. The average molecular weight is 336 g/mol. The van der Waals surface area contributed by atoms with Gasteiger partial charge in [-0.3, -0.25) is 9.69 Å². The Bertz CT molecular complexity index is 690. The number of carbonyl (C=O) groups is 1. The fourth-order valence-electron chi connectivity index (χ4n) is 3.68. The Kier molecular flexibility index (Phi) is 5.87. The van der Waals surface area contributed by atoms with Crippen LogP contribution in [0.25, 0.3) is 0 Å². The Balaban J connectivity index is 1.49. The third-order valence-electron chi connectivity index (χ3n) is 5.22. The van der Waals surface area contributed by atoms with E-state index in [1.807, 2.05) is 12.1 Å². The molecule has 1 N–H and O–H groups in total. The van der Waals surface area contributed by atoms with Gasteiger partial charge in [-0.15, -0.1) is 0 Å². The second-order valence-electron chi connectivity index (χ2n) is 7.12. The van der Waals surface area contributed by atoms with Gasteiger partial charge in [-0.1, -0.05) is 54.6 Å². The maximum absolute atomic E-state index is 12.6. The van der Waals surface area contributed by atoms with Gasteiger partial charge in [0.05, 0.1) is 6.04 Å². The normalized spacial score (nSPS) is 17.2. The zero-order valence-corrected chi connectivity index (χ0v) is 15.2. The van der Waals surface area contributed by atoms with E-state index in [1.54, 1.807) is 0 Å². The highest BCUT2D eigenvalue weighted by atomic mass is 16.1. The number of rotatable bonds is 5. The summed E-state index contributed by atoms with van der Waals surface area (Å²) in [6.45, 7) is 7.14. The van der Waals surface area contributed by atoms with Gasteiger partial charge in [-0.2, -0.15) is 0 Å². The van der Waals surface area contributed by atoms with Crippen molar-refractivity contribution in [3.8, 4) is 0 Å². The maximum atomic E-state index is 12.6. The first-order valence-corrected chi connectivity index (χ1v) is 9.25. The van der Waals surface area contributed by atoms with Crippen LogP contribution in [0.3, 0.4) is 0 Å². The number of aryl methyl sites for hydroxylation is 1. The van der Waals surface area contributed by atoms with Crippen LogP contribution >= 0.6 is 0 Å². The number of piperidine rings is 1. The first-order chi connectivity index (χ1) is 12.1. The van der Waals surface area contributed by atoms with Crippen LogP contribution in [0.4, 0.5) is 0 Å². The molecule has 1 saturated heterocycles. The molecular weight excluding hydrogens is 308 g/mol. The first-order valence-electron chi connectivity index (χ1n) is 9.25. The SMILES string of the molecule is Cc1ccccc1C(C)NC(=O)C1CCN(Cc2ccccc2)CC1. The molecule has 1 heterocycles. The van der Waals surface area contributed by atoms with E-state index in [4.69, 9.17) is 0 Å². The van der Waals surface area contributed by atoms with Crippen LogP contribution in [0, 0.1) is 12.8 Å². The van der Waals surface area contributed by atoms with Gasteiger partial charge < -0.3 is 5.32 Å². The van der Waals surface area contributed by atoms with E-state index in [-0.39, 0.29) is 17.9 Å². The molecule has 0 saturated carbocycles. The van der Waals surface area contributed by atoms with Crippen LogP contribution in [-0.4, -0.2) is 23.9 Å². The van der Waals surface area contributed by atoms with Crippen LogP contribution in [0.2, 0.25) is 0 Å². The molecule has 0 aliphatic carbocycles. The van der Waals surface area contributed by atoms with Gasteiger partial charge in [0.25, 0.3) is 0 Å². The molecule has 0 radical (unpaired) electrons. The Morgan fingerprint density at radius 2 is 1.72 bits per heavy atom. The molecule has 0 spiro atoms. The Hall–Kier alpha value is -2.13. The minimum Gasteiger partial charge on any atom is -0.349 e. The second kappa shape index (κ2) is 8.30. The van der Waals surface area contributed by atoms with Gasteiger partial charge in [-0.25, -0.2) is 0 Å². The number of hydrogen-bond acceptors (Lipinski definition) is 2. The number of likely N-dealkylation sites (tertiary alicyclic amines) is 1. The molecule has 3 heteroatoms. The maximum Gasteiger partial charge on any atom is 0.223 e. The largest absolute Gasteiger partial charge is 0.349 e. The second-order valence-corrected chi connectivity index (χ2v) is 7.12. The summed E-state index contributed by atoms with van der Waals surface area (Å²) in [5, 5.41) is 3.21. The van der Waals surface area contributed by atoms with E-state index in [1.165, 1.54) is 16.7 Å². The van der Waals surface area contributed by atoms with Gasteiger partial charge in [-0.05, 0) is 56.5 Å². The molecule has 1 amide bonds. The quantitative estimate of drug-likeness (QED) is 0.892. The molecule has 2 aromatic rings. The van der Waals surface area contributed by atoms with Crippen molar-refractivity contribution in [1.29, 1.82) is 0 Å². The number of carbonyl (C=O) groups excluding carboxylic acids is 1. The number of nitrogens with one attached hydrogen (secondary N) is 1. The molecule has 1 unspecified atom stereocenters. The van der Waals surface area contributed by atoms with Crippen molar-refractivity contribution in [1.82, 2.24) is 10.2 Å². The zero-order chi connectivity index (χ0) is 17.6. The van der Waals surface area contributed by atoms with Gasteiger partial charge in [0.15, 0.2) is 0 Å². The van der Waals surface area contributed by atoms with Gasteiger partial charge in [0.1, 0.15) is 0 Å².